The van der Waals surface area contributed by atoms with Gasteiger partial charge in [-0.2, -0.15) is 0 Å². The molecule has 0 spiro atoms. The zero-order chi connectivity index (χ0) is 12.5. The van der Waals surface area contributed by atoms with Crippen molar-refractivity contribution in [2.45, 2.75) is 51.6 Å². The SMILES string of the molecule is C[C@@H]1CC[C@H](C(C)(C)c2ccccc2)[C@@H](O)C1. The van der Waals surface area contributed by atoms with Gasteiger partial charge in [-0.1, -0.05) is 57.5 Å². The average Bonchev–Trinajstić information content (AvgIpc) is 2.29. The molecular formula is C16H24O. The second kappa shape index (κ2) is 4.81. The van der Waals surface area contributed by atoms with E-state index in [-0.39, 0.29) is 11.5 Å². The highest BCUT2D eigenvalue weighted by molar-refractivity contribution is 5.25. The van der Waals surface area contributed by atoms with Crippen LogP contribution in [-0.2, 0) is 5.41 Å². The Morgan fingerprint density at radius 3 is 2.35 bits per heavy atom. The number of aliphatic hydroxyl groups is 1. The Balaban J connectivity index is 2.21. The first-order valence-corrected chi connectivity index (χ1v) is 6.75. The molecule has 3 atom stereocenters. The molecule has 0 saturated heterocycles. The summed E-state index contributed by atoms with van der Waals surface area (Å²) in [6, 6.07) is 10.6. The first kappa shape index (κ1) is 12.6. The van der Waals surface area contributed by atoms with Crippen LogP contribution in [0.5, 0.6) is 0 Å². The lowest BCUT2D eigenvalue weighted by atomic mass is 9.64. The maximum absolute atomic E-state index is 10.3. The second-order valence-corrected chi connectivity index (χ2v) is 6.18. The van der Waals surface area contributed by atoms with E-state index < -0.39 is 0 Å². The normalized spacial score (nSPS) is 30.2. The molecule has 0 aromatic heterocycles. The van der Waals surface area contributed by atoms with E-state index >= 15 is 0 Å². The summed E-state index contributed by atoms with van der Waals surface area (Å²) in [5, 5.41) is 10.3. The first-order chi connectivity index (χ1) is 8.01. The summed E-state index contributed by atoms with van der Waals surface area (Å²) in [5.41, 5.74) is 1.42. The van der Waals surface area contributed by atoms with Gasteiger partial charge in [0.1, 0.15) is 0 Å². The Hall–Kier alpha value is -0.820. The predicted octanol–water partition coefficient (Wildman–Crippen LogP) is 3.76. The fourth-order valence-electron chi connectivity index (χ4n) is 3.27. The molecule has 1 nitrogen and oxygen atoms in total. The third-order valence-electron chi connectivity index (χ3n) is 4.52. The highest BCUT2D eigenvalue weighted by Crippen LogP contribution is 2.42. The minimum atomic E-state index is -0.144. The lowest BCUT2D eigenvalue weighted by Crippen LogP contribution is -2.41. The Bertz CT molecular complexity index is 355. The summed E-state index contributed by atoms with van der Waals surface area (Å²) in [7, 11) is 0. The van der Waals surface area contributed by atoms with Crippen molar-refractivity contribution in [3.8, 4) is 0 Å². The fraction of sp³-hybridized carbons (Fsp3) is 0.625. The standard InChI is InChI=1S/C16H24O/c1-12-9-10-14(15(17)11-12)16(2,3)13-7-5-4-6-8-13/h4-8,12,14-15,17H,9-11H2,1-3H3/t12-,14+,15+/m1/s1. The number of hydrogen-bond donors (Lipinski definition) is 1. The number of rotatable bonds is 2. The lowest BCUT2D eigenvalue weighted by molar-refractivity contribution is 0.0143. The molecule has 1 aromatic rings. The largest absolute Gasteiger partial charge is 0.393 e. The van der Waals surface area contributed by atoms with Crippen molar-refractivity contribution in [3.63, 3.8) is 0 Å². The zero-order valence-electron chi connectivity index (χ0n) is 11.2. The topological polar surface area (TPSA) is 20.2 Å². The van der Waals surface area contributed by atoms with Crippen LogP contribution in [0, 0.1) is 11.8 Å². The van der Waals surface area contributed by atoms with Crippen molar-refractivity contribution in [1.29, 1.82) is 0 Å². The quantitative estimate of drug-likeness (QED) is 0.823. The molecule has 0 aliphatic heterocycles. The molecule has 1 N–H and O–H groups in total. The van der Waals surface area contributed by atoms with Crippen LogP contribution in [0.15, 0.2) is 30.3 Å². The smallest absolute Gasteiger partial charge is 0.0579 e. The third-order valence-corrected chi connectivity index (χ3v) is 4.52. The minimum Gasteiger partial charge on any atom is -0.393 e. The van der Waals surface area contributed by atoms with Crippen LogP contribution in [-0.4, -0.2) is 11.2 Å². The van der Waals surface area contributed by atoms with E-state index in [1.165, 1.54) is 12.0 Å². The van der Waals surface area contributed by atoms with Gasteiger partial charge in [-0.25, -0.2) is 0 Å². The molecule has 1 heteroatoms. The Labute approximate surface area is 105 Å². The van der Waals surface area contributed by atoms with Crippen molar-refractivity contribution in [3.05, 3.63) is 35.9 Å². The van der Waals surface area contributed by atoms with Gasteiger partial charge in [-0.05, 0) is 35.7 Å². The van der Waals surface area contributed by atoms with Gasteiger partial charge >= 0.3 is 0 Å². The van der Waals surface area contributed by atoms with Gasteiger partial charge in [0.25, 0.3) is 0 Å². The maximum atomic E-state index is 10.3. The van der Waals surface area contributed by atoms with E-state index in [4.69, 9.17) is 0 Å². The summed E-state index contributed by atoms with van der Waals surface area (Å²) < 4.78 is 0. The maximum Gasteiger partial charge on any atom is 0.0579 e. The van der Waals surface area contributed by atoms with Crippen LogP contribution in [0.3, 0.4) is 0 Å². The molecule has 94 valence electrons. The number of aliphatic hydroxyl groups excluding tert-OH is 1. The molecule has 2 rings (SSSR count). The van der Waals surface area contributed by atoms with Crippen LogP contribution >= 0.6 is 0 Å². The summed E-state index contributed by atoms with van der Waals surface area (Å²) in [5.74, 6) is 1.06. The molecule has 0 radical (unpaired) electrons. The van der Waals surface area contributed by atoms with Gasteiger partial charge in [0, 0.05) is 0 Å². The third kappa shape index (κ3) is 2.55. The Morgan fingerprint density at radius 1 is 1.12 bits per heavy atom. The summed E-state index contributed by atoms with van der Waals surface area (Å²) in [6.07, 6.45) is 3.21. The van der Waals surface area contributed by atoms with E-state index in [1.807, 2.05) is 0 Å². The van der Waals surface area contributed by atoms with Crippen molar-refractivity contribution < 1.29 is 5.11 Å². The van der Waals surface area contributed by atoms with Gasteiger partial charge in [-0.15, -0.1) is 0 Å². The van der Waals surface area contributed by atoms with Crippen LogP contribution in [0.2, 0.25) is 0 Å². The second-order valence-electron chi connectivity index (χ2n) is 6.18. The summed E-state index contributed by atoms with van der Waals surface area (Å²) in [6.45, 7) is 6.79. The molecule has 0 heterocycles. The average molecular weight is 232 g/mol. The molecule has 1 aromatic carbocycles. The lowest BCUT2D eigenvalue weighted by Gasteiger charge is -2.42. The van der Waals surface area contributed by atoms with Crippen molar-refractivity contribution >= 4 is 0 Å². The highest BCUT2D eigenvalue weighted by Gasteiger charge is 2.38. The van der Waals surface area contributed by atoms with E-state index in [2.05, 4.69) is 51.1 Å². The monoisotopic (exact) mass is 232 g/mol. The first-order valence-electron chi connectivity index (χ1n) is 6.75. The van der Waals surface area contributed by atoms with Crippen molar-refractivity contribution in [2.75, 3.05) is 0 Å². The molecule has 1 fully saturated rings. The Morgan fingerprint density at radius 2 is 1.76 bits per heavy atom. The zero-order valence-corrected chi connectivity index (χ0v) is 11.2. The van der Waals surface area contributed by atoms with Crippen molar-refractivity contribution in [2.24, 2.45) is 11.8 Å². The molecule has 0 unspecified atom stereocenters. The molecule has 0 bridgehead atoms. The number of hydrogen-bond acceptors (Lipinski definition) is 1. The minimum absolute atomic E-state index is 0.0703. The van der Waals surface area contributed by atoms with E-state index in [0.717, 1.165) is 12.8 Å². The van der Waals surface area contributed by atoms with E-state index in [9.17, 15) is 5.11 Å². The summed E-state index contributed by atoms with van der Waals surface area (Å²) in [4.78, 5) is 0. The molecule has 1 saturated carbocycles. The molecule has 1 aliphatic rings. The van der Waals surface area contributed by atoms with Gasteiger partial charge < -0.3 is 5.11 Å². The van der Waals surface area contributed by atoms with Crippen LogP contribution in [0.25, 0.3) is 0 Å². The number of benzene rings is 1. The van der Waals surface area contributed by atoms with E-state index in [0.29, 0.717) is 11.8 Å². The van der Waals surface area contributed by atoms with Crippen LogP contribution in [0.4, 0.5) is 0 Å². The molecule has 1 aliphatic carbocycles. The molecule has 0 amide bonds. The predicted molar refractivity (Wildman–Crippen MR) is 72.0 cm³/mol. The van der Waals surface area contributed by atoms with Crippen LogP contribution < -0.4 is 0 Å². The Kier molecular flexibility index (Phi) is 3.58. The molecular weight excluding hydrogens is 208 g/mol. The van der Waals surface area contributed by atoms with Gasteiger partial charge in [0.05, 0.1) is 6.10 Å². The van der Waals surface area contributed by atoms with Gasteiger partial charge in [0.15, 0.2) is 0 Å². The summed E-state index contributed by atoms with van der Waals surface area (Å²) >= 11 is 0. The van der Waals surface area contributed by atoms with Gasteiger partial charge in [-0.3, -0.25) is 0 Å². The fourth-order valence-corrected chi connectivity index (χ4v) is 3.27. The highest BCUT2D eigenvalue weighted by atomic mass is 16.3. The van der Waals surface area contributed by atoms with Crippen LogP contribution in [0.1, 0.15) is 45.6 Å². The van der Waals surface area contributed by atoms with E-state index in [1.54, 1.807) is 0 Å². The molecule has 17 heavy (non-hydrogen) atoms. The van der Waals surface area contributed by atoms with Crippen molar-refractivity contribution in [1.82, 2.24) is 0 Å². The van der Waals surface area contributed by atoms with Gasteiger partial charge in [0.2, 0.25) is 0 Å².